The second-order valence-electron chi connectivity index (χ2n) is 5.18. The van der Waals surface area contributed by atoms with Gasteiger partial charge in [-0.2, -0.15) is 0 Å². The second-order valence-corrected chi connectivity index (χ2v) is 5.18. The molecule has 2 N–H and O–H groups in total. The molecule has 1 aromatic rings. The molecule has 6 heteroatoms. The number of benzene rings is 1. The lowest BCUT2D eigenvalue weighted by Gasteiger charge is -2.21. The van der Waals surface area contributed by atoms with Crippen LogP contribution >= 0.6 is 0 Å². The van der Waals surface area contributed by atoms with Gasteiger partial charge in [0.2, 0.25) is 0 Å². The Kier molecular flexibility index (Phi) is 5.98. The number of ether oxygens (including phenoxy) is 2. The summed E-state index contributed by atoms with van der Waals surface area (Å²) in [7, 11) is 1.51. The van der Waals surface area contributed by atoms with Crippen molar-refractivity contribution < 1.29 is 24.2 Å². The van der Waals surface area contributed by atoms with Crippen LogP contribution < -0.4 is 14.8 Å². The predicted molar refractivity (Wildman–Crippen MR) is 83.1 cm³/mol. The van der Waals surface area contributed by atoms with Gasteiger partial charge in [0.15, 0.2) is 18.1 Å². The Morgan fingerprint density at radius 1 is 1.32 bits per heavy atom. The molecule has 0 fully saturated rings. The molecule has 0 aliphatic carbocycles. The van der Waals surface area contributed by atoms with Crippen molar-refractivity contribution >= 4 is 18.0 Å². The first kappa shape index (κ1) is 17.6. The Balaban J connectivity index is 2.72. The van der Waals surface area contributed by atoms with E-state index in [1.807, 2.05) is 25.1 Å². The zero-order chi connectivity index (χ0) is 16.8. The molecule has 0 spiro atoms. The monoisotopic (exact) mass is 307 g/mol. The minimum Gasteiger partial charge on any atom is -0.493 e. The SMILES string of the molecule is C/C=C/c1ccc(OCC(=O)NC(C)(C)C(=O)O)c(OC)c1. The summed E-state index contributed by atoms with van der Waals surface area (Å²) in [6, 6.07) is 5.31. The molecule has 0 atom stereocenters. The average Bonchev–Trinajstić information content (AvgIpc) is 2.45. The molecular weight excluding hydrogens is 286 g/mol. The molecule has 0 saturated heterocycles. The third-order valence-electron chi connectivity index (χ3n) is 2.89. The fourth-order valence-corrected chi connectivity index (χ4v) is 1.68. The number of carboxylic acids is 1. The average molecular weight is 307 g/mol. The van der Waals surface area contributed by atoms with Gasteiger partial charge in [-0.05, 0) is 38.5 Å². The van der Waals surface area contributed by atoms with Gasteiger partial charge in [0, 0.05) is 0 Å². The van der Waals surface area contributed by atoms with Crippen LogP contribution in [0.5, 0.6) is 11.5 Å². The summed E-state index contributed by atoms with van der Waals surface area (Å²) in [5, 5.41) is 11.3. The Morgan fingerprint density at radius 3 is 2.55 bits per heavy atom. The summed E-state index contributed by atoms with van der Waals surface area (Å²) in [5.74, 6) is -0.721. The van der Waals surface area contributed by atoms with Crippen molar-refractivity contribution in [3.05, 3.63) is 29.8 Å². The Bertz CT molecular complexity index is 578. The third-order valence-corrected chi connectivity index (χ3v) is 2.89. The maximum Gasteiger partial charge on any atom is 0.328 e. The van der Waals surface area contributed by atoms with E-state index in [0.717, 1.165) is 5.56 Å². The molecule has 0 radical (unpaired) electrons. The molecule has 0 saturated carbocycles. The molecular formula is C16H21NO5. The fraction of sp³-hybridized carbons (Fsp3) is 0.375. The number of aliphatic carboxylic acids is 1. The maximum atomic E-state index is 11.8. The van der Waals surface area contributed by atoms with E-state index in [1.165, 1.54) is 21.0 Å². The van der Waals surface area contributed by atoms with Crippen LogP contribution in [0.1, 0.15) is 26.3 Å². The van der Waals surface area contributed by atoms with Gasteiger partial charge in [-0.25, -0.2) is 4.79 Å². The zero-order valence-electron chi connectivity index (χ0n) is 13.2. The smallest absolute Gasteiger partial charge is 0.328 e. The van der Waals surface area contributed by atoms with Crippen LogP contribution in [0.25, 0.3) is 6.08 Å². The Labute approximate surface area is 129 Å². The van der Waals surface area contributed by atoms with E-state index >= 15 is 0 Å². The van der Waals surface area contributed by atoms with Gasteiger partial charge in [0.1, 0.15) is 5.54 Å². The van der Waals surface area contributed by atoms with E-state index in [9.17, 15) is 9.59 Å². The molecule has 1 rings (SSSR count). The fourth-order valence-electron chi connectivity index (χ4n) is 1.68. The molecule has 1 amide bonds. The molecule has 6 nitrogen and oxygen atoms in total. The highest BCUT2D eigenvalue weighted by molar-refractivity contribution is 5.86. The predicted octanol–water partition coefficient (Wildman–Crippen LogP) is 2.09. The van der Waals surface area contributed by atoms with E-state index in [0.29, 0.717) is 11.5 Å². The van der Waals surface area contributed by atoms with Crippen LogP contribution in [-0.4, -0.2) is 36.2 Å². The molecule has 0 heterocycles. The minimum absolute atomic E-state index is 0.296. The van der Waals surface area contributed by atoms with Crippen LogP contribution in [0.2, 0.25) is 0 Å². The zero-order valence-corrected chi connectivity index (χ0v) is 13.2. The quantitative estimate of drug-likeness (QED) is 0.805. The number of allylic oxidation sites excluding steroid dienone is 1. The van der Waals surface area contributed by atoms with Crippen molar-refractivity contribution in [2.45, 2.75) is 26.3 Å². The van der Waals surface area contributed by atoms with Gasteiger partial charge in [-0.15, -0.1) is 0 Å². The van der Waals surface area contributed by atoms with Crippen molar-refractivity contribution in [1.29, 1.82) is 0 Å². The number of carbonyl (C=O) groups is 2. The number of carbonyl (C=O) groups excluding carboxylic acids is 1. The second kappa shape index (κ2) is 7.49. The highest BCUT2D eigenvalue weighted by atomic mass is 16.5. The summed E-state index contributed by atoms with van der Waals surface area (Å²) in [6.07, 6.45) is 3.81. The van der Waals surface area contributed by atoms with Gasteiger partial charge in [-0.1, -0.05) is 18.2 Å². The van der Waals surface area contributed by atoms with Crippen molar-refractivity contribution in [3.8, 4) is 11.5 Å². The molecule has 0 bridgehead atoms. The summed E-state index contributed by atoms with van der Waals surface area (Å²) >= 11 is 0. The van der Waals surface area contributed by atoms with Crippen LogP contribution in [0.4, 0.5) is 0 Å². The lowest BCUT2D eigenvalue weighted by molar-refractivity contribution is -0.146. The van der Waals surface area contributed by atoms with Crippen molar-refractivity contribution in [2.24, 2.45) is 0 Å². The minimum atomic E-state index is -1.35. The van der Waals surface area contributed by atoms with Crippen molar-refractivity contribution in [2.75, 3.05) is 13.7 Å². The first-order valence-electron chi connectivity index (χ1n) is 6.78. The van der Waals surface area contributed by atoms with E-state index in [4.69, 9.17) is 14.6 Å². The van der Waals surface area contributed by atoms with Gasteiger partial charge >= 0.3 is 5.97 Å². The normalized spacial score (nSPS) is 11.3. The Hall–Kier alpha value is -2.50. The van der Waals surface area contributed by atoms with Gasteiger partial charge in [0.25, 0.3) is 5.91 Å². The van der Waals surface area contributed by atoms with Crippen molar-refractivity contribution in [3.63, 3.8) is 0 Å². The van der Waals surface area contributed by atoms with Crippen LogP contribution in [0.15, 0.2) is 24.3 Å². The van der Waals surface area contributed by atoms with Crippen LogP contribution in [0.3, 0.4) is 0 Å². The lowest BCUT2D eigenvalue weighted by Crippen LogP contribution is -2.51. The standard InChI is InChI=1S/C16H21NO5/c1-5-6-11-7-8-12(13(9-11)21-4)22-10-14(18)17-16(2,3)15(19)20/h5-9H,10H2,1-4H3,(H,17,18)(H,19,20)/b6-5+. The lowest BCUT2D eigenvalue weighted by atomic mass is 10.1. The van der Waals surface area contributed by atoms with E-state index < -0.39 is 17.4 Å². The molecule has 0 unspecified atom stereocenters. The first-order chi connectivity index (χ1) is 10.3. The first-order valence-corrected chi connectivity index (χ1v) is 6.78. The number of hydrogen-bond acceptors (Lipinski definition) is 4. The summed E-state index contributed by atoms with van der Waals surface area (Å²) < 4.78 is 10.6. The Morgan fingerprint density at radius 2 is 2.00 bits per heavy atom. The number of rotatable bonds is 7. The largest absolute Gasteiger partial charge is 0.493 e. The molecule has 0 aliphatic rings. The summed E-state index contributed by atoms with van der Waals surface area (Å²) in [4.78, 5) is 22.7. The molecule has 22 heavy (non-hydrogen) atoms. The summed E-state index contributed by atoms with van der Waals surface area (Å²) in [6.45, 7) is 4.42. The van der Waals surface area contributed by atoms with E-state index in [-0.39, 0.29) is 6.61 Å². The topological polar surface area (TPSA) is 84.9 Å². The van der Waals surface area contributed by atoms with Crippen molar-refractivity contribution in [1.82, 2.24) is 5.32 Å². The number of methoxy groups -OCH3 is 1. The molecule has 0 aliphatic heterocycles. The number of hydrogen-bond donors (Lipinski definition) is 2. The van der Waals surface area contributed by atoms with Crippen LogP contribution in [0, 0.1) is 0 Å². The highest BCUT2D eigenvalue weighted by Crippen LogP contribution is 2.28. The number of carboxylic acid groups (broad SMARTS) is 1. The van der Waals surface area contributed by atoms with Gasteiger partial charge < -0.3 is 19.9 Å². The maximum absolute atomic E-state index is 11.8. The number of amides is 1. The van der Waals surface area contributed by atoms with Gasteiger partial charge in [0.05, 0.1) is 7.11 Å². The van der Waals surface area contributed by atoms with Crippen LogP contribution in [-0.2, 0) is 9.59 Å². The van der Waals surface area contributed by atoms with Gasteiger partial charge in [-0.3, -0.25) is 4.79 Å². The van der Waals surface area contributed by atoms with E-state index in [2.05, 4.69) is 5.32 Å². The highest BCUT2D eigenvalue weighted by Gasteiger charge is 2.29. The third kappa shape index (κ3) is 4.80. The number of nitrogens with one attached hydrogen (secondary N) is 1. The van der Waals surface area contributed by atoms with E-state index in [1.54, 1.807) is 12.1 Å². The molecule has 1 aromatic carbocycles. The molecule has 0 aromatic heterocycles. The molecule has 120 valence electrons. The summed E-state index contributed by atoms with van der Waals surface area (Å²) in [5.41, 5.74) is -0.400.